The van der Waals surface area contributed by atoms with Gasteiger partial charge in [0.2, 0.25) is 5.95 Å². The molecule has 0 bridgehead atoms. The molecule has 1 aliphatic heterocycles. The van der Waals surface area contributed by atoms with Gasteiger partial charge in [-0.2, -0.15) is 13.2 Å². The van der Waals surface area contributed by atoms with Gasteiger partial charge in [0, 0.05) is 50.7 Å². The zero-order chi connectivity index (χ0) is 25.4. The third-order valence-corrected chi connectivity index (χ3v) is 5.63. The maximum Gasteiger partial charge on any atom is 0.419 e. The number of alkyl halides is 3. The number of carbonyl (C=O) groups is 2. The second kappa shape index (κ2) is 11.8. The maximum atomic E-state index is 12.6. The quantitative estimate of drug-likeness (QED) is 0.484. The number of likely N-dealkylation sites (tertiary alicyclic amines) is 1. The first-order valence-electron chi connectivity index (χ1n) is 11.2. The normalized spacial score (nSPS) is 15.8. The Bertz CT molecular complexity index is 977. The van der Waals surface area contributed by atoms with Crippen molar-refractivity contribution in [2.45, 2.75) is 44.6 Å². The van der Waals surface area contributed by atoms with Gasteiger partial charge >= 0.3 is 18.2 Å². The van der Waals surface area contributed by atoms with Crippen LogP contribution in [0.1, 0.15) is 41.3 Å². The molecule has 1 aromatic carbocycles. The number of hydrogen-bond acceptors (Lipinski definition) is 7. The van der Waals surface area contributed by atoms with Crippen molar-refractivity contribution < 1.29 is 27.5 Å². The number of halogens is 3. The van der Waals surface area contributed by atoms with E-state index in [0.717, 1.165) is 38.0 Å². The first-order valence-corrected chi connectivity index (χ1v) is 11.2. The maximum absolute atomic E-state index is 12.6. The number of amides is 2. The van der Waals surface area contributed by atoms with Gasteiger partial charge in [0.15, 0.2) is 0 Å². The Morgan fingerprint density at radius 2 is 1.77 bits per heavy atom. The van der Waals surface area contributed by atoms with Gasteiger partial charge in [-0.15, -0.1) is 0 Å². The van der Waals surface area contributed by atoms with E-state index in [4.69, 9.17) is 4.74 Å². The summed E-state index contributed by atoms with van der Waals surface area (Å²) in [6.45, 7) is 4.43. The highest BCUT2D eigenvalue weighted by Gasteiger charge is 2.31. The molecule has 0 saturated carbocycles. The van der Waals surface area contributed by atoms with E-state index in [2.05, 4.69) is 30.8 Å². The second-order valence-corrected chi connectivity index (χ2v) is 8.43. The van der Waals surface area contributed by atoms with Crippen molar-refractivity contribution in [3.63, 3.8) is 0 Å². The van der Waals surface area contributed by atoms with Crippen LogP contribution in [0.5, 0.6) is 0 Å². The summed E-state index contributed by atoms with van der Waals surface area (Å²) in [6.07, 6.45) is -1.45. The number of rotatable bonds is 8. The van der Waals surface area contributed by atoms with Crippen LogP contribution in [-0.2, 0) is 17.5 Å². The Labute approximate surface area is 201 Å². The zero-order valence-corrected chi connectivity index (χ0v) is 19.6. The molecule has 3 rings (SSSR count). The largest absolute Gasteiger partial charge is 0.465 e. The first-order chi connectivity index (χ1) is 16.6. The number of urea groups is 1. The molecule has 190 valence electrons. The molecule has 1 atom stereocenters. The third-order valence-electron chi connectivity index (χ3n) is 5.63. The van der Waals surface area contributed by atoms with Gasteiger partial charge in [0.1, 0.15) is 0 Å². The number of carbonyl (C=O) groups excluding carboxylic acids is 2. The van der Waals surface area contributed by atoms with E-state index in [1.807, 2.05) is 12.1 Å². The zero-order valence-electron chi connectivity index (χ0n) is 19.6. The first kappa shape index (κ1) is 26.2. The molecule has 0 aliphatic carbocycles. The lowest BCUT2D eigenvalue weighted by Gasteiger charge is -2.32. The monoisotopic (exact) mass is 494 g/mol. The average Bonchev–Trinajstić information content (AvgIpc) is 2.83. The fraction of sp³-hybridized carbons (Fsp3) is 0.478. The summed E-state index contributed by atoms with van der Waals surface area (Å²) >= 11 is 0. The fourth-order valence-corrected chi connectivity index (χ4v) is 3.67. The minimum absolute atomic E-state index is 0.0476. The van der Waals surface area contributed by atoms with Crippen LogP contribution in [0.3, 0.4) is 0 Å². The van der Waals surface area contributed by atoms with Crippen LogP contribution in [0.2, 0.25) is 0 Å². The summed E-state index contributed by atoms with van der Waals surface area (Å²) in [5, 5.41) is 8.58. The van der Waals surface area contributed by atoms with Crippen molar-refractivity contribution in [2.24, 2.45) is 0 Å². The van der Waals surface area contributed by atoms with Crippen molar-refractivity contribution in [1.82, 2.24) is 25.5 Å². The van der Waals surface area contributed by atoms with Gasteiger partial charge < -0.3 is 20.7 Å². The predicted molar refractivity (Wildman–Crippen MR) is 123 cm³/mol. The van der Waals surface area contributed by atoms with E-state index in [-0.39, 0.29) is 36.6 Å². The number of aromatic nitrogens is 2. The predicted octanol–water partition coefficient (Wildman–Crippen LogP) is 3.05. The molecule has 9 nitrogen and oxygen atoms in total. The Balaban J connectivity index is 1.34. The van der Waals surface area contributed by atoms with Gasteiger partial charge in [0.05, 0.1) is 18.2 Å². The highest BCUT2D eigenvalue weighted by Crippen LogP contribution is 2.28. The van der Waals surface area contributed by atoms with E-state index in [1.165, 1.54) is 7.11 Å². The topological polar surface area (TPSA) is 108 Å². The second-order valence-electron chi connectivity index (χ2n) is 8.43. The molecule has 12 heteroatoms. The van der Waals surface area contributed by atoms with Gasteiger partial charge in [-0.1, -0.05) is 12.1 Å². The summed E-state index contributed by atoms with van der Waals surface area (Å²) in [5.74, 6) is -0.306. The Morgan fingerprint density at radius 1 is 1.14 bits per heavy atom. The summed E-state index contributed by atoms with van der Waals surface area (Å²) in [6, 6.07) is 6.77. The Hall–Kier alpha value is -3.41. The molecule has 1 saturated heterocycles. The van der Waals surface area contributed by atoms with Crippen molar-refractivity contribution in [3.05, 3.63) is 53.3 Å². The van der Waals surface area contributed by atoms with Gasteiger partial charge in [-0.05, 0) is 37.5 Å². The van der Waals surface area contributed by atoms with E-state index in [0.29, 0.717) is 18.0 Å². The minimum atomic E-state index is -4.49. The van der Waals surface area contributed by atoms with Crippen molar-refractivity contribution >= 4 is 17.9 Å². The fourth-order valence-electron chi connectivity index (χ4n) is 3.67. The van der Waals surface area contributed by atoms with Crippen molar-refractivity contribution in [2.75, 3.05) is 32.1 Å². The molecule has 35 heavy (non-hydrogen) atoms. The van der Waals surface area contributed by atoms with Gasteiger partial charge in [-0.3, -0.25) is 4.90 Å². The molecular formula is C23H29F3N6O3. The van der Waals surface area contributed by atoms with Crippen LogP contribution in [0, 0.1) is 0 Å². The molecule has 0 radical (unpaired) electrons. The van der Waals surface area contributed by atoms with Crippen molar-refractivity contribution in [1.29, 1.82) is 0 Å². The van der Waals surface area contributed by atoms with Crippen LogP contribution in [0.25, 0.3) is 0 Å². The van der Waals surface area contributed by atoms with Crippen LogP contribution in [-0.4, -0.2) is 65.7 Å². The Kier molecular flexibility index (Phi) is 8.85. The number of hydrogen-bond donors (Lipinski definition) is 3. The number of nitrogens with zero attached hydrogens (tertiary/aromatic N) is 3. The van der Waals surface area contributed by atoms with Crippen LogP contribution < -0.4 is 16.0 Å². The molecule has 0 spiro atoms. The third kappa shape index (κ3) is 8.09. The van der Waals surface area contributed by atoms with Crippen LogP contribution in [0.15, 0.2) is 36.7 Å². The smallest absolute Gasteiger partial charge is 0.419 e. The number of nitrogens with one attached hydrogen (secondary N) is 3. The van der Waals surface area contributed by atoms with Gasteiger partial charge in [-0.25, -0.2) is 19.6 Å². The lowest BCUT2D eigenvalue weighted by atomic mass is 10.0. The average molecular weight is 495 g/mol. The standard InChI is InChI=1S/C23H29F3N6O3/c1-15(11-27-21-28-12-18(13-29-21)23(24,25)26)30-22(34)31-19-7-9-32(10-8-19)14-16-3-5-17(6-4-16)20(33)35-2/h3-6,12-13,15,19H,7-11,14H2,1-2H3,(H,27,28,29)(H2,30,31,34)/t15-/m1/s1. The molecule has 2 aromatic rings. The summed E-state index contributed by atoms with van der Waals surface area (Å²) in [5.41, 5.74) is 0.692. The van der Waals surface area contributed by atoms with E-state index < -0.39 is 11.7 Å². The molecular weight excluding hydrogens is 465 g/mol. The summed E-state index contributed by atoms with van der Waals surface area (Å²) < 4.78 is 42.4. The number of piperidine rings is 1. The van der Waals surface area contributed by atoms with Crippen LogP contribution in [0.4, 0.5) is 23.9 Å². The summed E-state index contributed by atoms with van der Waals surface area (Å²) in [4.78, 5) is 33.4. The summed E-state index contributed by atoms with van der Waals surface area (Å²) in [7, 11) is 1.35. The molecule has 1 aliphatic rings. The number of anilines is 1. The number of ether oxygens (including phenoxy) is 1. The van der Waals surface area contributed by atoms with Crippen LogP contribution >= 0.6 is 0 Å². The molecule has 2 amide bonds. The van der Waals surface area contributed by atoms with Crippen molar-refractivity contribution in [3.8, 4) is 0 Å². The number of benzene rings is 1. The SMILES string of the molecule is COC(=O)c1ccc(CN2CCC(NC(=O)N[C@H](C)CNc3ncc(C(F)(F)F)cn3)CC2)cc1. The van der Waals surface area contributed by atoms with E-state index in [9.17, 15) is 22.8 Å². The lowest BCUT2D eigenvalue weighted by molar-refractivity contribution is -0.138. The highest BCUT2D eigenvalue weighted by molar-refractivity contribution is 5.89. The molecule has 0 unspecified atom stereocenters. The molecule has 2 heterocycles. The van der Waals surface area contributed by atoms with Gasteiger partial charge in [0.25, 0.3) is 0 Å². The number of esters is 1. The highest BCUT2D eigenvalue weighted by atomic mass is 19.4. The lowest BCUT2D eigenvalue weighted by Crippen LogP contribution is -2.50. The molecule has 3 N–H and O–H groups in total. The molecule has 1 aromatic heterocycles. The van der Waals surface area contributed by atoms with E-state index >= 15 is 0 Å². The Morgan fingerprint density at radius 3 is 2.34 bits per heavy atom. The number of methoxy groups -OCH3 is 1. The molecule has 1 fully saturated rings. The minimum Gasteiger partial charge on any atom is -0.465 e. The van der Waals surface area contributed by atoms with E-state index in [1.54, 1.807) is 19.1 Å².